The van der Waals surface area contributed by atoms with Crippen LogP contribution in [0.15, 0.2) is 29.8 Å². The molecule has 1 heterocycles. The predicted molar refractivity (Wildman–Crippen MR) is 75.4 cm³/mol. The lowest BCUT2D eigenvalue weighted by molar-refractivity contribution is 0.104. The Balaban J connectivity index is 2.31. The monoisotopic (exact) mass is 259 g/mol. The maximum Gasteiger partial charge on any atom is 0.204 e. The van der Waals surface area contributed by atoms with E-state index < -0.39 is 0 Å². The van der Waals surface area contributed by atoms with E-state index in [2.05, 4.69) is 25.8 Å². The molecule has 18 heavy (non-hydrogen) atoms. The Kier molecular flexibility index (Phi) is 3.35. The van der Waals surface area contributed by atoms with Crippen LogP contribution < -0.4 is 0 Å². The van der Waals surface area contributed by atoms with E-state index in [1.54, 1.807) is 5.51 Å². The van der Waals surface area contributed by atoms with E-state index in [0.717, 1.165) is 16.1 Å². The van der Waals surface area contributed by atoms with E-state index in [4.69, 9.17) is 0 Å². The molecule has 94 valence electrons. The average Bonchev–Trinajstić information content (AvgIpc) is 2.73. The lowest BCUT2D eigenvalue weighted by Gasteiger charge is -2.18. The third-order valence-electron chi connectivity index (χ3n) is 2.96. The summed E-state index contributed by atoms with van der Waals surface area (Å²) in [7, 11) is 0. The Morgan fingerprint density at radius 2 is 1.78 bits per heavy atom. The number of nitrogens with zero attached hydrogens (tertiary/aromatic N) is 1. The Hall–Kier alpha value is -1.48. The molecule has 0 radical (unpaired) electrons. The highest BCUT2D eigenvalue weighted by Gasteiger charge is 2.17. The van der Waals surface area contributed by atoms with Crippen molar-refractivity contribution in [2.75, 3.05) is 0 Å². The number of rotatable bonds is 2. The summed E-state index contributed by atoms with van der Waals surface area (Å²) in [5, 5.41) is 0. The molecular formula is C15H17NOS. The molecule has 0 aliphatic heterocycles. The quantitative estimate of drug-likeness (QED) is 0.764. The minimum Gasteiger partial charge on any atom is -0.288 e. The lowest BCUT2D eigenvalue weighted by atomic mass is 9.86. The highest BCUT2D eigenvalue weighted by Crippen LogP contribution is 2.24. The molecule has 1 aromatic heterocycles. The summed E-state index contributed by atoms with van der Waals surface area (Å²) in [4.78, 5) is 17.1. The van der Waals surface area contributed by atoms with Crippen molar-refractivity contribution in [3.05, 3.63) is 51.5 Å². The summed E-state index contributed by atoms with van der Waals surface area (Å²) < 4.78 is 0. The van der Waals surface area contributed by atoms with Crippen molar-refractivity contribution in [1.29, 1.82) is 0 Å². The summed E-state index contributed by atoms with van der Waals surface area (Å²) in [5.41, 5.74) is 4.61. The first-order valence-electron chi connectivity index (χ1n) is 5.95. The second-order valence-electron chi connectivity index (χ2n) is 5.42. The van der Waals surface area contributed by atoms with Gasteiger partial charge in [-0.25, -0.2) is 4.98 Å². The van der Waals surface area contributed by atoms with Crippen LogP contribution in [0.3, 0.4) is 0 Å². The molecule has 0 fully saturated rings. The van der Waals surface area contributed by atoms with Gasteiger partial charge in [0.15, 0.2) is 0 Å². The minimum atomic E-state index is 0.0652. The molecule has 0 amide bonds. The SMILES string of the molecule is Cc1ncsc1C(=O)c1ccc(C(C)(C)C)cc1. The number of hydrogen-bond donors (Lipinski definition) is 0. The molecule has 0 N–H and O–H groups in total. The minimum absolute atomic E-state index is 0.0652. The highest BCUT2D eigenvalue weighted by molar-refractivity contribution is 7.12. The summed E-state index contributed by atoms with van der Waals surface area (Å²) in [6.45, 7) is 8.36. The zero-order valence-corrected chi connectivity index (χ0v) is 12.0. The van der Waals surface area contributed by atoms with Crippen molar-refractivity contribution in [2.24, 2.45) is 0 Å². The van der Waals surface area contributed by atoms with Gasteiger partial charge >= 0.3 is 0 Å². The molecule has 2 aromatic rings. The summed E-state index contributed by atoms with van der Waals surface area (Å²) in [6, 6.07) is 7.87. The number of aryl methyl sites for hydroxylation is 1. The molecule has 0 spiro atoms. The standard InChI is InChI=1S/C15H17NOS/c1-10-14(18-9-16-10)13(17)11-5-7-12(8-6-11)15(2,3)4/h5-9H,1-4H3. The first-order valence-corrected chi connectivity index (χ1v) is 6.83. The van der Waals surface area contributed by atoms with Crippen molar-refractivity contribution < 1.29 is 4.79 Å². The number of ketones is 1. The largest absolute Gasteiger partial charge is 0.288 e. The molecule has 0 atom stereocenters. The molecule has 0 aliphatic rings. The Bertz CT molecular complexity index is 561. The summed E-state index contributed by atoms with van der Waals surface area (Å²) in [6.07, 6.45) is 0. The molecule has 0 saturated carbocycles. The second-order valence-corrected chi connectivity index (χ2v) is 6.28. The average molecular weight is 259 g/mol. The Morgan fingerprint density at radius 3 is 2.22 bits per heavy atom. The first kappa shape index (κ1) is 13.0. The van der Waals surface area contributed by atoms with Crippen LogP contribution in [0.1, 0.15) is 47.3 Å². The Labute approximate surface area is 112 Å². The second kappa shape index (κ2) is 4.65. The van der Waals surface area contributed by atoms with Crippen molar-refractivity contribution in [3.8, 4) is 0 Å². The first-order chi connectivity index (χ1) is 8.39. The maximum atomic E-state index is 12.3. The van der Waals surface area contributed by atoms with Crippen LogP contribution in [0.4, 0.5) is 0 Å². The van der Waals surface area contributed by atoms with Crippen molar-refractivity contribution in [1.82, 2.24) is 4.98 Å². The molecular weight excluding hydrogens is 242 g/mol. The summed E-state index contributed by atoms with van der Waals surface area (Å²) >= 11 is 1.40. The van der Waals surface area contributed by atoms with E-state index in [-0.39, 0.29) is 11.2 Å². The smallest absolute Gasteiger partial charge is 0.204 e. The normalized spacial score (nSPS) is 11.6. The third-order valence-corrected chi connectivity index (χ3v) is 3.89. The van der Waals surface area contributed by atoms with E-state index in [1.807, 2.05) is 31.2 Å². The van der Waals surface area contributed by atoms with Gasteiger partial charge in [-0.1, -0.05) is 45.0 Å². The molecule has 3 heteroatoms. The topological polar surface area (TPSA) is 30.0 Å². The fraction of sp³-hybridized carbons (Fsp3) is 0.333. The number of benzene rings is 1. The van der Waals surface area contributed by atoms with E-state index >= 15 is 0 Å². The van der Waals surface area contributed by atoms with Crippen LogP contribution >= 0.6 is 11.3 Å². The molecule has 0 unspecified atom stereocenters. The fourth-order valence-corrected chi connectivity index (χ4v) is 2.54. The lowest BCUT2D eigenvalue weighted by Crippen LogP contribution is -2.11. The Morgan fingerprint density at radius 1 is 1.17 bits per heavy atom. The predicted octanol–water partition coefficient (Wildman–Crippen LogP) is 3.98. The van der Waals surface area contributed by atoms with Gasteiger partial charge in [-0.05, 0) is 17.9 Å². The van der Waals surface area contributed by atoms with Gasteiger partial charge in [0.05, 0.1) is 16.1 Å². The van der Waals surface area contributed by atoms with E-state index in [0.29, 0.717) is 0 Å². The van der Waals surface area contributed by atoms with Crippen LogP contribution in [0.25, 0.3) is 0 Å². The van der Waals surface area contributed by atoms with Gasteiger partial charge < -0.3 is 0 Å². The van der Waals surface area contributed by atoms with Crippen LogP contribution in [-0.2, 0) is 5.41 Å². The van der Waals surface area contributed by atoms with Gasteiger partial charge in [0.2, 0.25) is 5.78 Å². The summed E-state index contributed by atoms with van der Waals surface area (Å²) in [5.74, 6) is 0.0652. The van der Waals surface area contributed by atoms with Crippen LogP contribution in [-0.4, -0.2) is 10.8 Å². The van der Waals surface area contributed by atoms with Crippen molar-refractivity contribution in [2.45, 2.75) is 33.1 Å². The molecule has 0 bridgehead atoms. The van der Waals surface area contributed by atoms with E-state index in [9.17, 15) is 4.79 Å². The van der Waals surface area contributed by atoms with Gasteiger partial charge in [0.25, 0.3) is 0 Å². The van der Waals surface area contributed by atoms with Gasteiger partial charge in [-0.2, -0.15) is 0 Å². The van der Waals surface area contributed by atoms with E-state index in [1.165, 1.54) is 16.9 Å². The fourth-order valence-electron chi connectivity index (χ4n) is 1.77. The zero-order valence-electron chi connectivity index (χ0n) is 11.2. The number of hydrogen-bond acceptors (Lipinski definition) is 3. The van der Waals surface area contributed by atoms with Crippen molar-refractivity contribution in [3.63, 3.8) is 0 Å². The molecule has 0 aliphatic carbocycles. The number of aromatic nitrogens is 1. The third kappa shape index (κ3) is 2.51. The van der Waals surface area contributed by atoms with Gasteiger partial charge in [0, 0.05) is 5.56 Å². The van der Waals surface area contributed by atoms with Crippen LogP contribution in [0.5, 0.6) is 0 Å². The molecule has 0 saturated heterocycles. The van der Waals surface area contributed by atoms with Crippen molar-refractivity contribution >= 4 is 17.1 Å². The number of carbonyl (C=O) groups is 1. The van der Waals surface area contributed by atoms with Gasteiger partial charge in [-0.15, -0.1) is 11.3 Å². The van der Waals surface area contributed by atoms with Crippen LogP contribution in [0, 0.1) is 6.92 Å². The number of thiazole rings is 1. The molecule has 1 aromatic carbocycles. The van der Waals surface area contributed by atoms with Gasteiger partial charge in [-0.3, -0.25) is 4.79 Å². The number of carbonyl (C=O) groups excluding carboxylic acids is 1. The molecule has 2 nitrogen and oxygen atoms in total. The zero-order chi connectivity index (χ0) is 13.3. The van der Waals surface area contributed by atoms with Crippen LogP contribution in [0.2, 0.25) is 0 Å². The van der Waals surface area contributed by atoms with Gasteiger partial charge in [0.1, 0.15) is 0 Å². The highest BCUT2D eigenvalue weighted by atomic mass is 32.1. The molecule has 2 rings (SSSR count). The maximum absolute atomic E-state index is 12.3.